The Hall–Kier alpha value is -0.860. The van der Waals surface area contributed by atoms with Crippen molar-refractivity contribution < 1.29 is 9.59 Å². The van der Waals surface area contributed by atoms with Crippen LogP contribution in [0.1, 0.15) is 58.8 Å². The number of hydrogen-bond donors (Lipinski definition) is 0. The minimum Gasteiger partial charge on any atom is -0.337 e. The molecule has 0 aromatic carbocycles. The van der Waals surface area contributed by atoms with Crippen molar-refractivity contribution in [1.82, 2.24) is 4.90 Å². The van der Waals surface area contributed by atoms with E-state index in [1.54, 1.807) is 0 Å². The fraction of sp³-hybridized carbons (Fsp3) is 0.857. The normalized spacial score (nSPS) is 24.6. The van der Waals surface area contributed by atoms with Crippen molar-refractivity contribution in [1.29, 1.82) is 0 Å². The molecule has 0 spiro atoms. The van der Waals surface area contributed by atoms with Gasteiger partial charge in [0.1, 0.15) is 5.78 Å². The number of amides is 1. The van der Waals surface area contributed by atoms with Crippen LogP contribution in [-0.2, 0) is 9.59 Å². The number of hydrogen-bond acceptors (Lipinski definition) is 2. The van der Waals surface area contributed by atoms with Crippen molar-refractivity contribution in [2.45, 2.75) is 64.3 Å². The third-order valence-electron chi connectivity index (χ3n) is 4.27. The van der Waals surface area contributed by atoms with Gasteiger partial charge in [0, 0.05) is 31.3 Å². The van der Waals surface area contributed by atoms with Crippen molar-refractivity contribution in [2.75, 3.05) is 6.54 Å². The first-order chi connectivity index (χ1) is 7.99. The van der Waals surface area contributed by atoms with E-state index < -0.39 is 0 Å². The zero-order valence-electron chi connectivity index (χ0n) is 11.0. The molecule has 0 aromatic rings. The molecule has 3 heteroatoms. The third kappa shape index (κ3) is 2.88. The zero-order valence-corrected chi connectivity index (χ0v) is 11.0. The SMILES string of the molecule is CC1(C)CC(=O)CCN1C(=O)CCC1CCC1. The van der Waals surface area contributed by atoms with Crippen molar-refractivity contribution >= 4 is 11.7 Å². The molecule has 0 unspecified atom stereocenters. The minimum atomic E-state index is -0.272. The molecule has 2 aliphatic rings. The number of likely N-dealkylation sites (tertiary alicyclic amines) is 1. The van der Waals surface area contributed by atoms with E-state index >= 15 is 0 Å². The number of carbonyl (C=O) groups is 2. The number of piperidine rings is 1. The van der Waals surface area contributed by atoms with Crippen LogP contribution in [0, 0.1) is 5.92 Å². The molecular formula is C14H23NO2. The summed E-state index contributed by atoms with van der Waals surface area (Å²) >= 11 is 0. The van der Waals surface area contributed by atoms with Gasteiger partial charge >= 0.3 is 0 Å². The van der Waals surface area contributed by atoms with Crippen molar-refractivity contribution in [3.05, 3.63) is 0 Å². The molecule has 0 radical (unpaired) electrons. The van der Waals surface area contributed by atoms with Crippen LogP contribution in [-0.4, -0.2) is 28.7 Å². The molecule has 1 saturated carbocycles. The van der Waals surface area contributed by atoms with Crippen molar-refractivity contribution in [3.63, 3.8) is 0 Å². The fourth-order valence-corrected chi connectivity index (χ4v) is 2.91. The van der Waals surface area contributed by atoms with Crippen LogP contribution in [0.4, 0.5) is 0 Å². The molecule has 0 aromatic heterocycles. The van der Waals surface area contributed by atoms with Crippen molar-refractivity contribution in [2.24, 2.45) is 5.92 Å². The van der Waals surface area contributed by atoms with Gasteiger partial charge in [-0.3, -0.25) is 9.59 Å². The molecule has 1 heterocycles. The second-order valence-corrected chi connectivity index (χ2v) is 6.16. The van der Waals surface area contributed by atoms with Crippen LogP contribution < -0.4 is 0 Å². The summed E-state index contributed by atoms with van der Waals surface area (Å²) in [7, 11) is 0. The summed E-state index contributed by atoms with van der Waals surface area (Å²) in [5.74, 6) is 1.32. The first kappa shape index (κ1) is 12.6. The molecule has 3 nitrogen and oxygen atoms in total. The number of ketones is 1. The van der Waals surface area contributed by atoms with Crippen LogP contribution in [0.3, 0.4) is 0 Å². The highest BCUT2D eigenvalue weighted by Gasteiger charge is 2.36. The van der Waals surface area contributed by atoms with Crippen LogP contribution in [0.15, 0.2) is 0 Å². The summed E-state index contributed by atoms with van der Waals surface area (Å²) in [5, 5.41) is 0. The van der Waals surface area contributed by atoms with Crippen molar-refractivity contribution in [3.8, 4) is 0 Å². The third-order valence-corrected chi connectivity index (χ3v) is 4.27. The van der Waals surface area contributed by atoms with Crippen LogP contribution >= 0.6 is 0 Å². The average Bonchev–Trinajstić information content (AvgIpc) is 2.12. The number of Topliss-reactive ketones (excluding diaryl/α,β-unsaturated/α-hetero) is 1. The van der Waals surface area contributed by atoms with Gasteiger partial charge in [-0.05, 0) is 26.2 Å². The first-order valence-corrected chi connectivity index (χ1v) is 6.81. The van der Waals surface area contributed by atoms with E-state index in [9.17, 15) is 9.59 Å². The van der Waals surface area contributed by atoms with E-state index in [-0.39, 0.29) is 17.2 Å². The van der Waals surface area contributed by atoms with Crippen LogP contribution in [0.25, 0.3) is 0 Å². The zero-order chi connectivity index (χ0) is 12.5. The molecule has 1 saturated heterocycles. The summed E-state index contributed by atoms with van der Waals surface area (Å²) in [6, 6.07) is 0. The largest absolute Gasteiger partial charge is 0.337 e. The molecule has 2 fully saturated rings. The van der Waals surface area contributed by atoms with Gasteiger partial charge in [0.25, 0.3) is 0 Å². The van der Waals surface area contributed by atoms with E-state index in [0.717, 1.165) is 12.3 Å². The molecule has 2 rings (SSSR count). The molecule has 17 heavy (non-hydrogen) atoms. The Morgan fingerprint density at radius 3 is 2.65 bits per heavy atom. The predicted molar refractivity (Wildman–Crippen MR) is 66.6 cm³/mol. The molecule has 96 valence electrons. The van der Waals surface area contributed by atoms with E-state index in [4.69, 9.17) is 0 Å². The Balaban J connectivity index is 1.86. The van der Waals surface area contributed by atoms with Gasteiger partial charge in [-0.25, -0.2) is 0 Å². The van der Waals surface area contributed by atoms with E-state index in [1.165, 1.54) is 19.3 Å². The van der Waals surface area contributed by atoms with Gasteiger partial charge in [-0.15, -0.1) is 0 Å². The Morgan fingerprint density at radius 1 is 1.41 bits per heavy atom. The lowest BCUT2D eigenvalue weighted by molar-refractivity contribution is -0.142. The Bertz CT molecular complexity index is 318. The van der Waals surface area contributed by atoms with Gasteiger partial charge in [-0.1, -0.05) is 19.3 Å². The quantitative estimate of drug-likeness (QED) is 0.756. The molecule has 0 atom stereocenters. The smallest absolute Gasteiger partial charge is 0.223 e. The molecule has 1 aliphatic carbocycles. The highest BCUT2D eigenvalue weighted by atomic mass is 16.2. The summed E-state index contributed by atoms with van der Waals surface area (Å²) < 4.78 is 0. The Labute approximate surface area is 104 Å². The first-order valence-electron chi connectivity index (χ1n) is 6.81. The van der Waals surface area contributed by atoms with Crippen LogP contribution in [0.2, 0.25) is 0 Å². The molecule has 1 aliphatic heterocycles. The monoisotopic (exact) mass is 237 g/mol. The highest BCUT2D eigenvalue weighted by molar-refractivity contribution is 5.85. The molecular weight excluding hydrogens is 214 g/mol. The lowest BCUT2D eigenvalue weighted by Crippen LogP contribution is -2.53. The van der Waals surface area contributed by atoms with Gasteiger partial charge in [0.05, 0.1) is 0 Å². The molecule has 0 bridgehead atoms. The summed E-state index contributed by atoms with van der Waals surface area (Å²) in [5.41, 5.74) is -0.272. The van der Waals surface area contributed by atoms with Gasteiger partial charge < -0.3 is 4.90 Å². The predicted octanol–water partition coefficient (Wildman–Crippen LogP) is 2.54. The number of rotatable bonds is 3. The Morgan fingerprint density at radius 2 is 2.12 bits per heavy atom. The lowest BCUT2D eigenvalue weighted by atomic mass is 9.81. The van der Waals surface area contributed by atoms with Gasteiger partial charge in [-0.2, -0.15) is 0 Å². The second kappa shape index (κ2) is 4.79. The molecule has 0 N–H and O–H groups in total. The average molecular weight is 237 g/mol. The maximum Gasteiger partial charge on any atom is 0.223 e. The Kier molecular flexibility index (Phi) is 3.55. The lowest BCUT2D eigenvalue weighted by Gasteiger charge is -2.42. The van der Waals surface area contributed by atoms with E-state index in [1.807, 2.05) is 18.7 Å². The minimum absolute atomic E-state index is 0.245. The summed E-state index contributed by atoms with van der Waals surface area (Å²) in [4.78, 5) is 25.5. The van der Waals surface area contributed by atoms with Crippen LogP contribution in [0.5, 0.6) is 0 Å². The standard InChI is InChI=1S/C14H23NO2/c1-14(2)10-12(16)8-9-15(14)13(17)7-6-11-4-3-5-11/h11H,3-10H2,1-2H3. The maximum atomic E-state index is 12.2. The maximum absolute atomic E-state index is 12.2. The number of nitrogens with zero attached hydrogens (tertiary/aromatic N) is 1. The van der Waals surface area contributed by atoms with E-state index in [2.05, 4.69) is 0 Å². The highest BCUT2D eigenvalue weighted by Crippen LogP contribution is 2.32. The topological polar surface area (TPSA) is 37.4 Å². The van der Waals surface area contributed by atoms with Gasteiger partial charge in [0.2, 0.25) is 5.91 Å². The van der Waals surface area contributed by atoms with E-state index in [0.29, 0.717) is 25.8 Å². The fourth-order valence-electron chi connectivity index (χ4n) is 2.91. The summed E-state index contributed by atoms with van der Waals surface area (Å²) in [6.45, 7) is 4.63. The summed E-state index contributed by atoms with van der Waals surface area (Å²) in [6.07, 6.45) is 6.70. The number of carbonyl (C=O) groups excluding carboxylic acids is 2. The second-order valence-electron chi connectivity index (χ2n) is 6.16. The van der Waals surface area contributed by atoms with Gasteiger partial charge in [0.15, 0.2) is 0 Å². The molecule has 1 amide bonds.